The molecule has 140 valence electrons. The number of carbonyl (C=O) groups is 1. The van der Waals surface area contributed by atoms with Gasteiger partial charge in [0.25, 0.3) is 0 Å². The Hall–Kier alpha value is -2.44. The minimum absolute atomic E-state index is 0.0849. The number of carbonyl (C=O) groups excluding carboxylic acids is 1. The molecule has 3 rings (SSSR count). The summed E-state index contributed by atoms with van der Waals surface area (Å²) in [4.78, 5) is 12.7. The Bertz CT molecular complexity index is 994. The lowest BCUT2D eigenvalue weighted by Crippen LogP contribution is -2.31. The van der Waals surface area contributed by atoms with Gasteiger partial charge in [-0.3, -0.25) is 14.5 Å². The molecule has 0 aliphatic rings. The zero-order valence-corrected chi connectivity index (χ0v) is 16.8. The number of amides is 1. The normalized spacial score (nSPS) is 12.0. The number of aryl methyl sites for hydroxylation is 1. The van der Waals surface area contributed by atoms with Crippen LogP contribution in [0.5, 0.6) is 0 Å². The summed E-state index contributed by atoms with van der Waals surface area (Å²) in [7, 11) is 0. The molecule has 0 radical (unpaired) electrons. The van der Waals surface area contributed by atoms with Crippen molar-refractivity contribution in [1.82, 2.24) is 20.1 Å². The number of nitrogens with zero attached hydrogens (tertiary/aromatic N) is 2. The second-order valence-electron chi connectivity index (χ2n) is 6.39. The van der Waals surface area contributed by atoms with Crippen LogP contribution in [0.3, 0.4) is 0 Å². The molecule has 1 heterocycles. The van der Waals surface area contributed by atoms with E-state index in [0.717, 1.165) is 23.1 Å². The number of rotatable bonds is 6. The largest absolute Gasteiger partial charge is 0.348 e. The molecule has 3 aromatic rings. The number of H-pyrrole nitrogens is 1. The van der Waals surface area contributed by atoms with Crippen molar-refractivity contribution in [2.45, 2.75) is 32.9 Å². The molecule has 0 saturated carbocycles. The Balaban J connectivity index is 1.79. The number of hydrogen-bond donors (Lipinski definition) is 2. The van der Waals surface area contributed by atoms with E-state index in [0.29, 0.717) is 15.6 Å². The van der Waals surface area contributed by atoms with Crippen molar-refractivity contribution in [3.63, 3.8) is 0 Å². The van der Waals surface area contributed by atoms with Gasteiger partial charge in [0.1, 0.15) is 6.54 Å². The lowest BCUT2D eigenvalue weighted by atomic mass is 10.0. The highest BCUT2D eigenvalue weighted by Crippen LogP contribution is 2.21. The van der Waals surface area contributed by atoms with Crippen LogP contribution in [0.15, 0.2) is 48.5 Å². The quantitative estimate of drug-likeness (QED) is 0.582. The van der Waals surface area contributed by atoms with Crippen LogP contribution in [0.2, 0.25) is 5.02 Å². The topological polar surface area (TPSA) is 62.7 Å². The minimum Gasteiger partial charge on any atom is -0.348 e. The molecule has 1 atom stereocenters. The molecular weight excluding hydrogens is 380 g/mol. The fourth-order valence-corrected chi connectivity index (χ4v) is 3.29. The molecule has 0 unspecified atom stereocenters. The van der Waals surface area contributed by atoms with Crippen molar-refractivity contribution < 1.29 is 4.79 Å². The minimum atomic E-state index is -0.122. The zero-order valence-electron chi connectivity index (χ0n) is 15.2. The van der Waals surface area contributed by atoms with Crippen molar-refractivity contribution in [2.75, 3.05) is 0 Å². The Morgan fingerprint density at radius 3 is 2.70 bits per heavy atom. The van der Waals surface area contributed by atoms with E-state index in [1.54, 1.807) is 4.57 Å². The Kier molecular flexibility index (Phi) is 6.08. The highest BCUT2D eigenvalue weighted by atomic mass is 35.5. The third-order valence-electron chi connectivity index (χ3n) is 4.35. The van der Waals surface area contributed by atoms with Crippen LogP contribution in [0, 0.1) is 11.7 Å². The number of halogens is 1. The number of benzene rings is 2. The van der Waals surface area contributed by atoms with Crippen LogP contribution >= 0.6 is 23.8 Å². The van der Waals surface area contributed by atoms with E-state index in [1.807, 2.05) is 62.4 Å². The van der Waals surface area contributed by atoms with Crippen LogP contribution < -0.4 is 5.32 Å². The van der Waals surface area contributed by atoms with Gasteiger partial charge in [0.15, 0.2) is 10.6 Å². The predicted molar refractivity (Wildman–Crippen MR) is 110 cm³/mol. The van der Waals surface area contributed by atoms with E-state index in [2.05, 4.69) is 15.5 Å². The Morgan fingerprint density at radius 1 is 1.30 bits per heavy atom. The van der Waals surface area contributed by atoms with E-state index in [1.165, 1.54) is 0 Å². The van der Waals surface area contributed by atoms with Crippen LogP contribution in [0.25, 0.3) is 11.4 Å². The van der Waals surface area contributed by atoms with Gasteiger partial charge in [-0.25, -0.2) is 0 Å². The van der Waals surface area contributed by atoms with Gasteiger partial charge in [0.2, 0.25) is 5.91 Å². The molecule has 2 aromatic carbocycles. The third-order valence-corrected chi connectivity index (χ3v) is 4.92. The second-order valence-corrected chi connectivity index (χ2v) is 7.21. The monoisotopic (exact) mass is 400 g/mol. The fourth-order valence-electron chi connectivity index (χ4n) is 2.97. The molecule has 1 amide bonds. The third kappa shape index (κ3) is 4.64. The highest BCUT2D eigenvalue weighted by Gasteiger charge is 2.16. The van der Waals surface area contributed by atoms with Crippen molar-refractivity contribution in [3.05, 3.63) is 69.5 Å². The maximum Gasteiger partial charge on any atom is 0.240 e. The molecular formula is C20H21ClN4OS. The summed E-state index contributed by atoms with van der Waals surface area (Å²) >= 11 is 11.3. The molecule has 0 spiro atoms. The summed E-state index contributed by atoms with van der Waals surface area (Å²) < 4.78 is 2.13. The summed E-state index contributed by atoms with van der Waals surface area (Å²) in [5.41, 5.74) is 3.05. The molecule has 2 N–H and O–H groups in total. The number of hydrogen-bond acceptors (Lipinski definition) is 3. The van der Waals surface area contributed by atoms with E-state index in [9.17, 15) is 4.79 Å². The fraction of sp³-hybridized carbons (Fsp3) is 0.250. The van der Waals surface area contributed by atoms with Gasteiger partial charge in [0.05, 0.1) is 6.04 Å². The van der Waals surface area contributed by atoms with Crippen molar-refractivity contribution in [2.24, 2.45) is 0 Å². The van der Waals surface area contributed by atoms with Gasteiger partial charge in [-0.2, -0.15) is 5.10 Å². The van der Waals surface area contributed by atoms with Crippen LogP contribution in [-0.4, -0.2) is 20.7 Å². The molecule has 5 nitrogen and oxygen atoms in total. The summed E-state index contributed by atoms with van der Waals surface area (Å²) in [5.74, 6) is 0.529. The van der Waals surface area contributed by atoms with Crippen molar-refractivity contribution >= 4 is 29.7 Å². The van der Waals surface area contributed by atoms with Gasteiger partial charge in [0, 0.05) is 10.6 Å². The molecule has 0 aliphatic heterocycles. The van der Waals surface area contributed by atoms with Gasteiger partial charge in [-0.15, -0.1) is 0 Å². The Labute approximate surface area is 168 Å². The average molecular weight is 401 g/mol. The first-order chi connectivity index (χ1) is 13.0. The van der Waals surface area contributed by atoms with Gasteiger partial charge < -0.3 is 5.32 Å². The second kappa shape index (κ2) is 8.50. The maximum absolute atomic E-state index is 12.7. The molecule has 0 saturated heterocycles. The maximum atomic E-state index is 12.7. The smallest absolute Gasteiger partial charge is 0.240 e. The standard InChI is InChI=1S/C20H21ClN4OS/c1-3-17(14-7-9-16(21)10-8-14)22-18(26)12-25-19(23-24-20(25)27)15-6-4-5-13(2)11-15/h4-11,17H,3,12H2,1-2H3,(H,22,26)(H,24,27)/t17-/m1/s1. The van der Waals surface area contributed by atoms with Gasteiger partial charge in [-0.05, 0) is 49.3 Å². The van der Waals surface area contributed by atoms with Crippen molar-refractivity contribution in [3.8, 4) is 11.4 Å². The number of aromatic amines is 1. The number of aromatic nitrogens is 3. The summed E-state index contributed by atoms with van der Waals surface area (Å²) in [6, 6.07) is 15.4. The van der Waals surface area contributed by atoms with E-state index >= 15 is 0 Å². The molecule has 7 heteroatoms. The average Bonchev–Trinajstić information content (AvgIpc) is 3.01. The molecule has 27 heavy (non-hydrogen) atoms. The molecule has 0 aliphatic carbocycles. The first-order valence-electron chi connectivity index (χ1n) is 8.75. The highest BCUT2D eigenvalue weighted by molar-refractivity contribution is 7.71. The summed E-state index contributed by atoms with van der Waals surface area (Å²) in [6.07, 6.45) is 0.773. The lowest BCUT2D eigenvalue weighted by molar-refractivity contribution is -0.122. The van der Waals surface area contributed by atoms with Crippen LogP contribution in [0.1, 0.15) is 30.5 Å². The van der Waals surface area contributed by atoms with Gasteiger partial charge in [-0.1, -0.05) is 54.4 Å². The SMILES string of the molecule is CC[C@@H](NC(=O)Cn1c(-c2cccc(C)c2)n[nH]c1=S)c1ccc(Cl)cc1. The Morgan fingerprint density at radius 2 is 2.04 bits per heavy atom. The summed E-state index contributed by atoms with van der Waals surface area (Å²) in [5, 5.41) is 10.8. The molecule has 0 fully saturated rings. The van der Waals surface area contributed by atoms with Gasteiger partial charge >= 0.3 is 0 Å². The zero-order chi connectivity index (χ0) is 19.4. The van der Waals surface area contributed by atoms with E-state index in [4.69, 9.17) is 23.8 Å². The number of nitrogens with one attached hydrogen (secondary N) is 2. The lowest BCUT2D eigenvalue weighted by Gasteiger charge is -2.18. The molecule has 0 bridgehead atoms. The summed E-state index contributed by atoms with van der Waals surface area (Å²) in [6.45, 7) is 4.14. The van der Waals surface area contributed by atoms with Crippen molar-refractivity contribution in [1.29, 1.82) is 0 Å². The van der Waals surface area contributed by atoms with Crippen LogP contribution in [-0.2, 0) is 11.3 Å². The van der Waals surface area contributed by atoms with E-state index < -0.39 is 0 Å². The van der Waals surface area contributed by atoms with E-state index in [-0.39, 0.29) is 18.5 Å². The molecule has 1 aromatic heterocycles. The predicted octanol–water partition coefficient (Wildman–Crippen LogP) is 4.84. The first kappa shape index (κ1) is 19.3. The first-order valence-corrected chi connectivity index (χ1v) is 9.53. The van der Waals surface area contributed by atoms with Crippen LogP contribution in [0.4, 0.5) is 0 Å².